The Balaban J connectivity index is 1.79. The quantitative estimate of drug-likeness (QED) is 0.252. The number of hydrogen-bond acceptors (Lipinski definition) is 5. The summed E-state index contributed by atoms with van der Waals surface area (Å²) in [7, 11) is 1.30. The Labute approximate surface area is 251 Å². The van der Waals surface area contributed by atoms with Gasteiger partial charge in [-0.2, -0.15) is 0 Å². The summed E-state index contributed by atoms with van der Waals surface area (Å²) >= 11 is 12.5. The molecule has 0 bridgehead atoms. The van der Waals surface area contributed by atoms with Crippen molar-refractivity contribution < 1.29 is 33.0 Å². The summed E-state index contributed by atoms with van der Waals surface area (Å²) in [6.45, 7) is 2.70. The fraction of sp³-hybridized carbons (Fsp3) is 0.323. The van der Waals surface area contributed by atoms with Gasteiger partial charge in [-0.25, -0.2) is 9.18 Å². The van der Waals surface area contributed by atoms with Crippen LogP contribution in [0.4, 0.5) is 14.5 Å². The van der Waals surface area contributed by atoms with Gasteiger partial charge in [-0.1, -0.05) is 55.2 Å². The van der Waals surface area contributed by atoms with Crippen molar-refractivity contribution in [2.75, 3.05) is 19.1 Å². The number of aromatic carboxylic acids is 1. The standard InChI is InChI=1S/C31H28Cl2F2N2O5/c1-30(2,14-34)13-23-31(19-10-8-16(32)12-21(19)36-29(31)41)24(18-5-4-6-20(33)25(18)35)26(37-23)27(38)17-9-7-15(28(39)40)11-22(17)42-3/h4-12,23-24,26,37H,13-14H2,1-3H3,(H,36,41)(H,39,40)/t23-,24-,26+,31+/m0/s1. The van der Waals surface area contributed by atoms with E-state index in [0.717, 1.165) is 0 Å². The third-order valence-electron chi connectivity index (χ3n) is 8.24. The summed E-state index contributed by atoms with van der Waals surface area (Å²) in [5, 5.41) is 15.8. The molecule has 3 aromatic carbocycles. The van der Waals surface area contributed by atoms with E-state index in [1.54, 1.807) is 32.0 Å². The lowest BCUT2D eigenvalue weighted by molar-refractivity contribution is -0.122. The lowest BCUT2D eigenvalue weighted by Crippen LogP contribution is -2.50. The number of amides is 1. The Kier molecular flexibility index (Phi) is 7.81. The number of anilines is 1. The fourth-order valence-corrected chi connectivity index (χ4v) is 6.70. The highest BCUT2D eigenvalue weighted by Gasteiger charge is 2.66. The minimum atomic E-state index is -1.58. The van der Waals surface area contributed by atoms with Crippen molar-refractivity contribution in [3.8, 4) is 5.75 Å². The van der Waals surface area contributed by atoms with Crippen LogP contribution in [0.25, 0.3) is 0 Å². The molecule has 2 aliphatic heterocycles. The summed E-state index contributed by atoms with van der Waals surface area (Å²) in [5.74, 6) is -4.23. The van der Waals surface area contributed by atoms with E-state index in [-0.39, 0.29) is 33.9 Å². The Hall–Kier alpha value is -3.53. The number of methoxy groups -OCH3 is 1. The van der Waals surface area contributed by atoms with E-state index < -0.39 is 59.0 Å². The van der Waals surface area contributed by atoms with Gasteiger partial charge in [-0.05, 0) is 59.4 Å². The van der Waals surface area contributed by atoms with Crippen LogP contribution in [0.5, 0.6) is 5.75 Å². The first-order valence-electron chi connectivity index (χ1n) is 13.2. The normalized spacial score (nSPS) is 23.1. The van der Waals surface area contributed by atoms with Gasteiger partial charge < -0.3 is 20.5 Å². The Morgan fingerprint density at radius 3 is 2.52 bits per heavy atom. The van der Waals surface area contributed by atoms with E-state index >= 15 is 4.39 Å². The summed E-state index contributed by atoms with van der Waals surface area (Å²) in [5.41, 5.74) is -1.66. The number of carboxylic acids is 1. The highest BCUT2D eigenvalue weighted by atomic mass is 35.5. The third-order valence-corrected chi connectivity index (χ3v) is 8.76. The molecule has 1 amide bonds. The Bertz CT molecular complexity index is 1610. The molecule has 1 saturated heterocycles. The molecule has 0 saturated carbocycles. The molecule has 220 valence electrons. The van der Waals surface area contributed by atoms with Crippen LogP contribution in [0.3, 0.4) is 0 Å². The molecule has 2 aliphatic rings. The van der Waals surface area contributed by atoms with Gasteiger partial charge in [0, 0.05) is 22.7 Å². The second-order valence-corrected chi connectivity index (χ2v) is 12.3. The minimum Gasteiger partial charge on any atom is -0.496 e. The molecule has 0 unspecified atom stereocenters. The lowest BCUT2D eigenvalue weighted by Gasteiger charge is -2.38. The van der Waals surface area contributed by atoms with Crippen molar-refractivity contribution in [3.05, 3.63) is 92.7 Å². The molecule has 0 radical (unpaired) electrons. The van der Waals surface area contributed by atoms with Gasteiger partial charge in [-0.3, -0.25) is 14.0 Å². The van der Waals surface area contributed by atoms with Crippen LogP contribution in [0.15, 0.2) is 54.6 Å². The number of carbonyl (C=O) groups excluding carboxylic acids is 2. The smallest absolute Gasteiger partial charge is 0.335 e. The fourth-order valence-electron chi connectivity index (χ4n) is 6.34. The molecule has 7 nitrogen and oxygen atoms in total. The second kappa shape index (κ2) is 10.9. The number of ether oxygens (including phenoxy) is 1. The van der Waals surface area contributed by atoms with E-state index in [1.807, 2.05) is 0 Å². The molecule has 42 heavy (non-hydrogen) atoms. The van der Waals surface area contributed by atoms with Crippen molar-refractivity contribution in [1.82, 2.24) is 5.32 Å². The molecule has 1 fully saturated rings. The van der Waals surface area contributed by atoms with E-state index in [0.29, 0.717) is 16.3 Å². The molecule has 5 rings (SSSR count). The number of ketones is 1. The number of Topliss-reactive ketones (excluding diaryl/α,β-unsaturated/α-hetero) is 1. The number of fused-ring (bicyclic) bond motifs is 2. The largest absolute Gasteiger partial charge is 0.496 e. The van der Waals surface area contributed by atoms with Crippen LogP contribution in [0, 0.1) is 11.2 Å². The predicted octanol–water partition coefficient (Wildman–Crippen LogP) is 6.42. The van der Waals surface area contributed by atoms with Crippen molar-refractivity contribution in [2.45, 2.75) is 43.7 Å². The van der Waals surface area contributed by atoms with E-state index in [9.17, 15) is 23.9 Å². The van der Waals surface area contributed by atoms with Crippen LogP contribution < -0.4 is 15.4 Å². The van der Waals surface area contributed by atoms with E-state index in [1.165, 1.54) is 43.5 Å². The van der Waals surface area contributed by atoms with Gasteiger partial charge in [0.15, 0.2) is 5.78 Å². The number of nitrogens with one attached hydrogen (secondary N) is 2. The molecular formula is C31H28Cl2F2N2O5. The molecule has 2 heterocycles. The molecular weight excluding hydrogens is 589 g/mol. The first-order chi connectivity index (χ1) is 19.8. The molecule has 0 aliphatic carbocycles. The van der Waals surface area contributed by atoms with Crippen LogP contribution in [0.1, 0.15) is 58.0 Å². The number of carboxylic acid groups (broad SMARTS) is 1. The van der Waals surface area contributed by atoms with Crippen molar-refractivity contribution in [1.29, 1.82) is 0 Å². The number of rotatable bonds is 8. The van der Waals surface area contributed by atoms with Gasteiger partial charge in [0.2, 0.25) is 5.91 Å². The van der Waals surface area contributed by atoms with Crippen molar-refractivity contribution >= 4 is 46.5 Å². The zero-order valence-corrected chi connectivity index (χ0v) is 24.4. The number of carbonyl (C=O) groups is 3. The van der Waals surface area contributed by atoms with Gasteiger partial charge in [-0.15, -0.1) is 0 Å². The van der Waals surface area contributed by atoms with Gasteiger partial charge in [0.05, 0.1) is 36.0 Å². The van der Waals surface area contributed by atoms with Crippen LogP contribution >= 0.6 is 23.2 Å². The lowest BCUT2D eigenvalue weighted by atomic mass is 9.62. The molecule has 1 spiro atoms. The van der Waals surface area contributed by atoms with Crippen LogP contribution in [-0.4, -0.2) is 48.6 Å². The maximum atomic E-state index is 15.9. The minimum absolute atomic E-state index is 0.00309. The van der Waals surface area contributed by atoms with Crippen LogP contribution in [0.2, 0.25) is 10.0 Å². The van der Waals surface area contributed by atoms with Crippen molar-refractivity contribution in [3.63, 3.8) is 0 Å². The number of halogens is 4. The highest BCUT2D eigenvalue weighted by Crippen LogP contribution is 2.57. The zero-order valence-electron chi connectivity index (χ0n) is 22.9. The summed E-state index contributed by atoms with van der Waals surface area (Å²) < 4.78 is 35.6. The second-order valence-electron chi connectivity index (χ2n) is 11.4. The van der Waals surface area contributed by atoms with Crippen LogP contribution in [-0.2, 0) is 10.2 Å². The topological polar surface area (TPSA) is 105 Å². The molecule has 11 heteroatoms. The van der Waals surface area contributed by atoms with E-state index in [4.69, 9.17) is 27.9 Å². The average Bonchev–Trinajstić information content (AvgIpc) is 3.43. The summed E-state index contributed by atoms with van der Waals surface area (Å²) in [6, 6.07) is 11.0. The first-order valence-corrected chi connectivity index (χ1v) is 13.9. The van der Waals surface area contributed by atoms with Gasteiger partial charge >= 0.3 is 5.97 Å². The molecule has 3 N–H and O–H groups in total. The molecule has 3 aromatic rings. The third kappa shape index (κ3) is 4.73. The number of benzene rings is 3. The highest BCUT2D eigenvalue weighted by molar-refractivity contribution is 6.31. The maximum Gasteiger partial charge on any atom is 0.335 e. The summed E-state index contributed by atoms with van der Waals surface area (Å²) in [6.07, 6.45) is 0.108. The molecule has 4 atom stereocenters. The Morgan fingerprint density at radius 2 is 1.86 bits per heavy atom. The van der Waals surface area contributed by atoms with Gasteiger partial charge in [0.25, 0.3) is 0 Å². The number of hydrogen-bond donors (Lipinski definition) is 3. The number of alkyl halides is 1. The van der Waals surface area contributed by atoms with E-state index in [2.05, 4.69) is 10.6 Å². The maximum absolute atomic E-state index is 15.9. The zero-order chi connectivity index (χ0) is 30.6. The van der Waals surface area contributed by atoms with Crippen molar-refractivity contribution in [2.24, 2.45) is 5.41 Å². The first kappa shape index (κ1) is 29.9. The Morgan fingerprint density at radius 1 is 1.12 bits per heavy atom. The predicted molar refractivity (Wildman–Crippen MR) is 155 cm³/mol. The SMILES string of the molecule is COc1cc(C(=O)O)ccc1C(=O)[C@@H]1N[C@@H](CC(C)(C)CF)[C@@]2(C(=O)Nc3cc(Cl)ccc32)[C@H]1c1cccc(Cl)c1F. The molecule has 0 aromatic heterocycles. The van der Waals surface area contributed by atoms with Gasteiger partial charge in [0.1, 0.15) is 17.0 Å². The average molecular weight is 617 g/mol. The monoisotopic (exact) mass is 616 g/mol. The summed E-state index contributed by atoms with van der Waals surface area (Å²) in [4.78, 5) is 40.2.